The summed E-state index contributed by atoms with van der Waals surface area (Å²) < 4.78 is 1.56. The largest absolute Gasteiger partial charge is 0.326 e. The highest BCUT2D eigenvalue weighted by atomic mass is 16.2. The number of carbonyl (C=O) groups is 1. The second-order valence-electron chi connectivity index (χ2n) is 4.07. The van der Waals surface area contributed by atoms with E-state index in [1.165, 1.54) is 0 Å². The predicted molar refractivity (Wildman–Crippen MR) is 70.3 cm³/mol. The van der Waals surface area contributed by atoms with Gasteiger partial charge >= 0.3 is 0 Å². The molecular weight excluding hydrogens is 228 g/mol. The fraction of sp³-hybridized carbons (Fsp3) is 0.231. The SMILES string of the molecule is CN(C(=O)c1ccnn1C)c1ccc(CN)cc1. The van der Waals surface area contributed by atoms with Crippen molar-refractivity contribution in [1.29, 1.82) is 0 Å². The molecule has 0 bridgehead atoms. The number of carbonyl (C=O) groups excluding carboxylic acids is 1. The molecule has 0 saturated heterocycles. The molecule has 0 aliphatic rings. The lowest BCUT2D eigenvalue weighted by molar-refractivity contribution is 0.0984. The molecule has 1 aromatic carbocycles. The number of rotatable bonds is 3. The van der Waals surface area contributed by atoms with Crippen LogP contribution < -0.4 is 10.6 Å². The molecule has 1 amide bonds. The van der Waals surface area contributed by atoms with Crippen LogP contribution in [0.1, 0.15) is 16.1 Å². The van der Waals surface area contributed by atoms with Crippen LogP contribution in [0.25, 0.3) is 0 Å². The van der Waals surface area contributed by atoms with Crippen LogP contribution >= 0.6 is 0 Å². The molecule has 0 saturated carbocycles. The first-order chi connectivity index (χ1) is 8.63. The highest BCUT2D eigenvalue weighted by Crippen LogP contribution is 2.16. The minimum Gasteiger partial charge on any atom is -0.326 e. The first kappa shape index (κ1) is 12.3. The number of hydrogen-bond acceptors (Lipinski definition) is 3. The maximum Gasteiger partial charge on any atom is 0.276 e. The van der Waals surface area contributed by atoms with Crippen molar-refractivity contribution in [2.24, 2.45) is 12.8 Å². The van der Waals surface area contributed by atoms with Gasteiger partial charge in [-0.2, -0.15) is 5.10 Å². The van der Waals surface area contributed by atoms with Gasteiger partial charge in [0.25, 0.3) is 5.91 Å². The lowest BCUT2D eigenvalue weighted by Gasteiger charge is -2.17. The van der Waals surface area contributed by atoms with Crippen LogP contribution in [-0.4, -0.2) is 22.7 Å². The van der Waals surface area contributed by atoms with Gasteiger partial charge in [0.05, 0.1) is 0 Å². The third-order valence-electron chi connectivity index (χ3n) is 2.90. The standard InChI is InChI=1S/C13H16N4O/c1-16(11-5-3-10(9-14)4-6-11)13(18)12-7-8-15-17(12)2/h3-8H,9,14H2,1-2H3. The van der Waals surface area contributed by atoms with Crippen LogP contribution in [0, 0.1) is 0 Å². The van der Waals surface area contributed by atoms with E-state index in [-0.39, 0.29) is 5.91 Å². The van der Waals surface area contributed by atoms with Gasteiger partial charge in [-0.05, 0) is 23.8 Å². The van der Waals surface area contributed by atoms with Crippen molar-refractivity contribution in [1.82, 2.24) is 9.78 Å². The van der Waals surface area contributed by atoms with Crippen molar-refractivity contribution < 1.29 is 4.79 Å². The summed E-state index contributed by atoms with van der Waals surface area (Å²) >= 11 is 0. The van der Waals surface area contributed by atoms with E-state index in [9.17, 15) is 4.79 Å². The zero-order valence-electron chi connectivity index (χ0n) is 10.5. The van der Waals surface area contributed by atoms with Gasteiger partial charge in [-0.1, -0.05) is 12.1 Å². The quantitative estimate of drug-likeness (QED) is 0.881. The summed E-state index contributed by atoms with van der Waals surface area (Å²) in [6, 6.07) is 9.31. The topological polar surface area (TPSA) is 64.2 Å². The normalized spacial score (nSPS) is 10.4. The summed E-state index contributed by atoms with van der Waals surface area (Å²) in [6.45, 7) is 0.500. The molecule has 2 rings (SSSR count). The van der Waals surface area contributed by atoms with E-state index < -0.39 is 0 Å². The number of benzene rings is 1. The van der Waals surface area contributed by atoms with Crippen LogP contribution in [0.2, 0.25) is 0 Å². The molecule has 0 atom stereocenters. The average Bonchev–Trinajstić information content (AvgIpc) is 2.83. The van der Waals surface area contributed by atoms with Gasteiger partial charge in [0.1, 0.15) is 5.69 Å². The Bertz CT molecular complexity index is 544. The lowest BCUT2D eigenvalue weighted by Crippen LogP contribution is -2.28. The molecule has 0 aliphatic carbocycles. The third-order valence-corrected chi connectivity index (χ3v) is 2.90. The van der Waals surface area contributed by atoms with Gasteiger partial charge in [-0.3, -0.25) is 9.48 Å². The van der Waals surface area contributed by atoms with Crippen molar-refractivity contribution in [3.63, 3.8) is 0 Å². The van der Waals surface area contributed by atoms with E-state index in [1.54, 1.807) is 35.9 Å². The van der Waals surface area contributed by atoms with Crippen LogP contribution in [0.5, 0.6) is 0 Å². The molecule has 0 fully saturated rings. The Morgan fingerprint density at radius 2 is 2.00 bits per heavy atom. The highest BCUT2D eigenvalue weighted by Gasteiger charge is 2.16. The van der Waals surface area contributed by atoms with Gasteiger partial charge in [-0.15, -0.1) is 0 Å². The second kappa shape index (κ2) is 5.01. The van der Waals surface area contributed by atoms with E-state index in [1.807, 2.05) is 24.3 Å². The Labute approximate surface area is 106 Å². The Morgan fingerprint density at radius 1 is 1.33 bits per heavy atom. The van der Waals surface area contributed by atoms with Crippen molar-refractivity contribution >= 4 is 11.6 Å². The zero-order chi connectivity index (χ0) is 13.1. The molecule has 1 heterocycles. The van der Waals surface area contributed by atoms with Crippen LogP contribution in [0.4, 0.5) is 5.69 Å². The number of amides is 1. The second-order valence-corrected chi connectivity index (χ2v) is 4.07. The first-order valence-electron chi connectivity index (χ1n) is 5.68. The molecule has 2 N–H and O–H groups in total. The van der Waals surface area contributed by atoms with Crippen LogP contribution in [-0.2, 0) is 13.6 Å². The van der Waals surface area contributed by atoms with Gasteiger partial charge in [0, 0.05) is 32.5 Å². The number of hydrogen-bond donors (Lipinski definition) is 1. The number of anilines is 1. The Hall–Kier alpha value is -2.14. The zero-order valence-corrected chi connectivity index (χ0v) is 10.5. The fourth-order valence-corrected chi connectivity index (χ4v) is 1.73. The van der Waals surface area contributed by atoms with Gasteiger partial charge < -0.3 is 10.6 Å². The number of nitrogens with zero attached hydrogens (tertiary/aromatic N) is 3. The molecule has 1 aromatic heterocycles. The molecule has 0 spiro atoms. The third kappa shape index (κ3) is 2.26. The Kier molecular flexibility index (Phi) is 3.43. The molecule has 0 aliphatic heterocycles. The molecule has 5 heteroatoms. The number of nitrogens with two attached hydrogens (primary N) is 1. The maximum absolute atomic E-state index is 12.2. The minimum absolute atomic E-state index is 0.0875. The Balaban J connectivity index is 2.23. The lowest BCUT2D eigenvalue weighted by atomic mass is 10.2. The minimum atomic E-state index is -0.0875. The predicted octanol–water partition coefficient (Wildman–Crippen LogP) is 1.16. The summed E-state index contributed by atoms with van der Waals surface area (Å²) in [6.07, 6.45) is 1.61. The summed E-state index contributed by atoms with van der Waals surface area (Å²) in [5.74, 6) is -0.0875. The highest BCUT2D eigenvalue weighted by molar-refractivity contribution is 6.04. The van der Waals surface area contributed by atoms with E-state index in [0.717, 1.165) is 11.3 Å². The van der Waals surface area contributed by atoms with Crippen molar-refractivity contribution in [3.8, 4) is 0 Å². The Morgan fingerprint density at radius 3 is 2.50 bits per heavy atom. The van der Waals surface area contributed by atoms with Crippen LogP contribution in [0.3, 0.4) is 0 Å². The van der Waals surface area contributed by atoms with Crippen molar-refractivity contribution in [2.45, 2.75) is 6.54 Å². The van der Waals surface area contributed by atoms with Gasteiger partial charge in [0.15, 0.2) is 0 Å². The number of aromatic nitrogens is 2. The van der Waals surface area contributed by atoms with Crippen molar-refractivity contribution in [3.05, 3.63) is 47.8 Å². The maximum atomic E-state index is 12.2. The van der Waals surface area contributed by atoms with Crippen molar-refractivity contribution in [2.75, 3.05) is 11.9 Å². The van der Waals surface area contributed by atoms with Gasteiger partial charge in [0.2, 0.25) is 0 Å². The molecule has 94 valence electrons. The van der Waals surface area contributed by atoms with E-state index in [0.29, 0.717) is 12.2 Å². The first-order valence-corrected chi connectivity index (χ1v) is 5.68. The smallest absolute Gasteiger partial charge is 0.276 e. The van der Waals surface area contributed by atoms with Crippen LogP contribution in [0.15, 0.2) is 36.5 Å². The molecule has 18 heavy (non-hydrogen) atoms. The molecule has 5 nitrogen and oxygen atoms in total. The number of aryl methyl sites for hydroxylation is 1. The summed E-state index contributed by atoms with van der Waals surface area (Å²) in [7, 11) is 3.49. The van der Waals surface area contributed by atoms with E-state index in [2.05, 4.69) is 5.10 Å². The molecule has 0 unspecified atom stereocenters. The summed E-state index contributed by atoms with van der Waals surface area (Å²) in [5.41, 5.74) is 7.97. The fourth-order valence-electron chi connectivity index (χ4n) is 1.73. The van der Waals surface area contributed by atoms with E-state index >= 15 is 0 Å². The summed E-state index contributed by atoms with van der Waals surface area (Å²) in [5, 5.41) is 3.99. The summed E-state index contributed by atoms with van der Waals surface area (Å²) in [4.78, 5) is 13.8. The van der Waals surface area contributed by atoms with E-state index in [4.69, 9.17) is 5.73 Å². The van der Waals surface area contributed by atoms with Gasteiger partial charge in [-0.25, -0.2) is 0 Å². The molecular formula is C13H16N4O. The molecule has 2 aromatic rings. The monoisotopic (exact) mass is 244 g/mol. The molecule has 0 radical (unpaired) electrons. The average molecular weight is 244 g/mol.